The summed E-state index contributed by atoms with van der Waals surface area (Å²) in [5.41, 5.74) is 2.26. The Bertz CT molecular complexity index is 946. The molecule has 0 saturated carbocycles. The molecule has 1 heterocycles. The lowest BCUT2D eigenvalue weighted by Gasteiger charge is -2.16. The summed E-state index contributed by atoms with van der Waals surface area (Å²) >= 11 is 0. The Balaban J connectivity index is 1.85. The highest BCUT2D eigenvalue weighted by atomic mass is 16.5. The zero-order chi connectivity index (χ0) is 21.0. The zero-order valence-electron chi connectivity index (χ0n) is 17.0. The van der Waals surface area contributed by atoms with Crippen molar-refractivity contribution in [1.82, 2.24) is 0 Å². The quantitative estimate of drug-likeness (QED) is 0.556. The van der Waals surface area contributed by atoms with Crippen LogP contribution in [-0.4, -0.2) is 37.6 Å². The molecule has 1 atom stereocenters. The molecule has 3 rings (SSSR count). The Morgan fingerprint density at radius 3 is 2.59 bits per heavy atom. The van der Waals surface area contributed by atoms with Gasteiger partial charge in [0.1, 0.15) is 12.3 Å². The molecular formula is C23H26NO5+. The third-order valence-electron chi connectivity index (χ3n) is 4.98. The number of esters is 1. The molecule has 2 N–H and O–H groups in total. The van der Waals surface area contributed by atoms with E-state index in [-0.39, 0.29) is 17.3 Å². The highest BCUT2D eigenvalue weighted by molar-refractivity contribution is 6.15. The smallest absolute Gasteiger partial charge is 0.337 e. The second kappa shape index (κ2) is 8.92. The highest BCUT2D eigenvalue weighted by Crippen LogP contribution is 2.39. The lowest BCUT2D eigenvalue weighted by atomic mass is 10.0. The minimum atomic E-state index is -0.417. The Morgan fingerprint density at radius 1 is 1.21 bits per heavy atom. The minimum absolute atomic E-state index is 0.135. The zero-order valence-corrected chi connectivity index (χ0v) is 17.0. The fraction of sp³-hybridized carbons (Fsp3) is 0.304. The van der Waals surface area contributed by atoms with E-state index in [1.54, 1.807) is 42.5 Å². The number of unbranched alkanes of at least 4 members (excludes halogenated alkanes) is 1. The molecule has 0 amide bonds. The van der Waals surface area contributed by atoms with Gasteiger partial charge in [0.25, 0.3) is 0 Å². The molecule has 2 aromatic rings. The standard InChI is InChI=1S/C23H25NO5/c1-4-5-12-24(2)14-18-19(25)11-10-17-21(26)20(29-22(17)18)13-15-6-8-16(9-7-15)23(27)28-3/h6-11,13,25H,4-5,12,14H2,1-3H3/p+1/b20-13-. The summed E-state index contributed by atoms with van der Waals surface area (Å²) < 4.78 is 10.6. The number of methoxy groups -OCH3 is 1. The van der Waals surface area contributed by atoms with E-state index in [0.717, 1.165) is 24.9 Å². The fourth-order valence-electron chi connectivity index (χ4n) is 3.32. The largest absolute Gasteiger partial charge is 0.507 e. The van der Waals surface area contributed by atoms with Gasteiger partial charge >= 0.3 is 5.97 Å². The normalized spacial score (nSPS) is 15.1. The van der Waals surface area contributed by atoms with E-state index < -0.39 is 5.97 Å². The number of carbonyl (C=O) groups is 2. The number of ketones is 1. The van der Waals surface area contributed by atoms with Crippen molar-refractivity contribution in [3.8, 4) is 11.5 Å². The Morgan fingerprint density at radius 2 is 1.93 bits per heavy atom. The topological polar surface area (TPSA) is 77.3 Å². The molecule has 0 fully saturated rings. The van der Waals surface area contributed by atoms with Crippen LogP contribution in [0.15, 0.2) is 42.2 Å². The maximum Gasteiger partial charge on any atom is 0.337 e. The van der Waals surface area contributed by atoms with Gasteiger partial charge in [-0.1, -0.05) is 25.5 Å². The molecule has 0 saturated heterocycles. The molecule has 1 aliphatic rings. The first-order valence-corrected chi connectivity index (χ1v) is 9.73. The van der Waals surface area contributed by atoms with Crippen molar-refractivity contribution in [3.63, 3.8) is 0 Å². The molecule has 152 valence electrons. The van der Waals surface area contributed by atoms with Crippen LogP contribution in [0.4, 0.5) is 0 Å². The number of hydrogen-bond acceptors (Lipinski definition) is 5. The van der Waals surface area contributed by atoms with Crippen LogP contribution in [0.25, 0.3) is 6.08 Å². The molecule has 0 radical (unpaired) electrons. The maximum atomic E-state index is 12.8. The number of fused-ring (bicyclic) bond motifs is 1. The Kier molecular flexibility index (Phi) is 6.34. The molecule has 29 heavy (non-hydrogen) atoms. The van der Waals surface area contributed by atoms with E-state index in [0.29, 0.717) is 29.0 Å². The predicted octanol–water partition coefficient (Wildman–Crippen LogP) is 2.61. The molecule has 1 aliphatic heterocycles. The monoisotopic (exact) mass is 396 g/mol. The van der Waals surface area contributed by atoms with Crippen LogP contribution in [0.2, 0.25) is 0 Å². The SMILES string of the molecule is CCCC[NH+](C)Cc1c(O)ccc2c1O/C(=C\c1ccc(C(=O)OC)cc1)C2=O. The number of hydrogen-bond donors (Lipinski definition) is 2. The van der Waals surface area contributed by atoms with Gasteiger partial charge in [-0.15, -0.1) is 0 Å². The van der Waals surface area contributed by atoms with Gasteiger partial charge in [-0.25, -0.2) is 4.79 Å². The van der Waals surface area contributed by atoms with Crippen molar-refractivity contribution in [1.29, 1.82) is 0 Å². The number of carbonyl (C=O) groups excluding carboxylic acids is 2. The average molecular weight is 396 g/mol. The number of nitrogens with one attached hydrogen (secondary N) is 1. The number of Topliss-reactive ketones (excluding diaryl/α,β-unsaturated/α-hetero) is 1. The van der Waals surface area contributed by atoms with E-state index in [2.05, 4.69) is 14.0 Å². The van der Waals surface area contributed by atoms with Gasteiger partial charge in [-0.3, -0.25) is 4.79 Å². The van der Waals surface area contributed by atoms with Crippen LogP contribution in [0.1, 0.15) is 51.6 Å². The van der Waals surface area contributed by atoms with Gasteiger partial charge in [0, 0.05) is 0 Å². The minimum Gasteiger partial charge on any atom is -0.507 e. The first-order chi connectivity index (χ1) is 13.9. The number of aromatic hydroxyl groups is 1. The van der Waals surface area contributed by atoms with Gasteiger partial charge in [0.05, 0.1) is 37.4 Å². The summed E-state index contributed by atoms with van der Waals surface area (Å²) in [4.78, 5) is 25.6. The molecule has 0 aromatic heterocycles. The maximum absolute atomic E-state index is 12.8. The van der Waals surface area contributed by atoms with Gasteiger partial charge in [-0.2, -0.15) is 0 Å². The van der Waals surface area contributed by atoms with Crippen LogP contribution >= 0.6 is 0 Å². The first-order valence-electron chi connectivity index (χ1n) is 9.73. The molecular weight excluding hydrogens is 370 g/mol. The third kappa shape index (κ3) is 4.49. The van der Waals surface area contributed by atoms with Crippen molar-refractivity contribution >= 4 is 17.8 Å². The number of allylic oxidation sites excluding steroid dienone is 1. The summed E-state index contributed by atoms with van der Waals surface area (Å²) in [7, 11) is 3.39. The molecule has 0 bridgehead atoms. The summed E-state index contributed by atoms with van der Waals surface area (Å²) in [6, 6.07) is 9.86. The average Bonchev–Trinajstić information content (AvgIpc) is 3.04. The summed E-state index contributed by atoms with van der Waals surface area (Å²) in [5, 5.41) is 10.3. The second-order valence-electron chi connectivity index (χ2n) is 7.23. The van der Waals surface area contributed by atoms with Crippen molar-refractivity contribution in [2.75, 3.05) is 20.7 Å². The highest BCUT2D eigenvalue weighted by Gasteiger charge is 2.32. The van der Waals surface area contributed by atoms with Crippen LogP contribution in [0, 0.1) is 0 Å². The van der Waals surface area contributed by atoms with Crippen LogP contribution < -0.4 is 9.64 Å². The van der Waals surface area contributed by atoms with Crippen molar-refractivity contribution in [2.24, 2.45) is 0 Å². The van der Waals surface area contributed by atoms with Crippen molar-refractivity contribution in [2.45, 2.75) is 26.3 Å². The van der Waals surface area contributed by atoms with E-state index in [9.17, 15) is 14.7 Å². The van der Waals surface area contributed by atoms with E-state index in [1.165, 1.54) is 12.0 Å². The van der Waals surface area contributed by atoms with Gasteiger partial charge in [0.2, 0.25) is 5.78 Å². The summed E-state index contributed by atoms with van der Waals surface area (Å²) in [5.74, 6) is 0.132. The van der Waals surface area contributed by atoms with Crippen LogP contribution in [0.3, 0.4) is 0 Å². The second-order valence-corrected chi connectivity index (χ2v) is 7.23. The molecule has 1 unspecified atom stereocenters. The number of quaternary nitrogens is 1. The third-order valence-corrected chi connectivity index (χ3v) is 4.98. The van der Waals surface area contributed by atoms with Crippen molar-refractivity contribution in [3.05, 3.63) is 64.4 Å². The molecule has 0 spiro atoms. The first kappa shape index (κ1) is 20.6. The predicted molar refractivity (Wildman–Crippen MR) is 109 cm³/mol. The van der Waals surface area contributed by atoms with Crippen LogP contribution in [-0.2, 0) is 11.3 Å². The van der Waals surface area contributed by atoms with Gasteiger partial charge < -0.3 is 19.5 Å². The van der Waals surface area contributed by atoms with Gasteiger partial charge in [-0.05, 0) is 42.3 Å². The number of phenolic OH excluding ortho intramolecular Hbond substituents is 1. The van der Waals surface area contributed by atoms with Crippen molar-refractivity contribution < 1.29 is 29.1 Å². The van der Waals surface area contributed by atoms with Gasteiger partial charge in [0.15, 0.2) is 11.5 Å². The summed E-state index contributed by atoms with van der Waals surface area (Å²) in [6.45, 7) is 3.69. The Labute approximate surface area is 170 Å². The Hall–Kier alpha value is -3.12. The molecule has 2 aromatic carbocycles. The molecule has 0 aliphatic carbocycles. The van der Waals surface area contributed by atoms with E-state index in [4.69, 9.17) is 9.47 Å². The van der Waals surface area contributed by atoms with E-state index in [1.807, 2.05) is 0 Å². The number of benzene rings is 2. The summed E-state index contributed by atoms with van der Waals surface area (Å²) in [6.07, 6.45) is 3.83. The number of phenols is 1. The number of rotatable bonds is 7. The van der Waals surface area contributed by atoms with E-state index >= 15 is 0 Å². The number of ether oxygens (including phenoxy) is 2. The lowest BCUT2D eigenvalue weighted by molar-refractivity contribution is -0.894. The van der Waals surface area contributed by atoms with Crippen LogP contribution in [0.5, 0.6) is 11.5 Å². The lowest BCUT2D eigenvalue weighted by Crippen LogP contribution is -3.07. The molecule has 6 nitrogen and oxygen atoms in total. The fourth-order valence-corrected chi connectivity index (χ4v) is 3.32. The molecule has 6 heteroatoms.